The fraction of sp³-hybridized carbons (Fsp3) is 0.273. The van der Waals surface area contributed by atoms with Crippen molar-refractivity contribution in [2.45, 2.75) is 24.4 Å². The SMILES string of the molecule is O=C(O)[C@@H]1C[C@H](n2ccnn2)CN1C(=O)OCC1c2ccccc2-c2ccccc21. The molecule has 5 rings (SSSR count). The second kappa shape index (κ2) is 7.29. The van der Waals surface area contributed by atoms with E-state index in [0.717, 1.165) is 22.3 Å². The molecule has 1 saturated heterocycles. The summed E-state index contributed by atoms with van der Waals surface area (Å²) < 4.78 is 7.24. The van der Waals surface area contributed by atoms with Crippen LogP contribution >= 0.6 is 0 Å². The molecular weight excluding hydrogens is 384 g/mol. The van der Waals surface area contributed by atoms with E-state index in [2.05, 4.69) is 22.4 Å². The standard InChI is InChI=1S/C22H20N4O4/c27-21(28)20-11-14(26-10-9-23-24-26)12-25(20)22(29)30-13-19-17-7-3-1-5-15(17)16-6-2-4-8-18(16)19/h1-10,14,19-20H,11-13H2,(H,27,28)/t14-,20-/m0/s1. The van der Waals surface area contributed by atoms with Crippen LogP contribution < -0.4 is 0 Å². The number of hydrogen-bond acceptors (Lipinski definition) is 5. The van der Waals surface area contributed by atoms with Crippen LogP contribution in [0.4, 0.5) is 4.79 Å². The Hall–Kier alpha value is -3.68. The number of ether oxygens (including phenoxy) is 1. The van der Waals surface area contributed by atoms with Crippen LogP contribution in [0.5, 0.6) is 0 Å². The van der Waals surface area contributed by atoms with Crippen molar-refractivity contribution < 1.29 is 19.4 Å². The Morgan fingerprint density at radius 2 is 1.73 bits per heavy atom. The maximum atomic E-state index is 12.9. The first kappa shape index (κ1) is 18.4. The lowest BCUT2D eigenvalue weighted by Crippen LogP contribution is -2.41. The highest BCUT2D eigenvalue weighted by Gasteiger charge is 2.42. The smallest absolute Gasteiger partial charge is 0.410 e. The lowest BCUT2D eigenvalue weighted by Gasteiger charge is -2.22. The molecule has 3 aromatic rings. The van der Waals surface area contributed by atoms with Crippen molar-refractivity contribution in [3.8, 4) is 11.1 Å². The van der Waals surface area contributed by atoms with Crippen molar-refractivity contribution in [3.05, 3.63) is 72.1 Å². The number of carbonyl (C=O) groups is 2. The van der Waals surface area contributed by atoms with E-state index >= 15 is 0 Å². The van der Waals surface area contributed by atoms with Gasteiger partial charge in [0, 0.05) is 25.1 Å². The van der Waals surface area contributed by atoms with Gasteiger partial charge in [-0.15, -0.1) is 5.10 Å². The molecule has 1 amide bonds. The van der Waals surface area contributed by atoms with Gasteiger partial charge in [-0.1, -0.05) is 53.7 Å². The zero-order valence-electron chi connectivity index (χ0n) is 16.1. The van der Waals surface area contributed by atoms with Crippen molar-refractivity contribution in [2.75, 3.05) is 13.2 Å². The number of nitrogens with zero attached hydrogens (tertiary/aromatic N) is 4. The summed E-state index contributed by atoms with van der Waals surface area (Å²) in [5.41, 5.74) is 4.52. The van der Waals surface area contributed by atoms with Gasteiger partial charge in [0.1, 0.15) is 12.6 Å². The molecule has 2 atom stereocenters. The van der Waals surface area contributed by atoms with Gasteiger partial charge in [-0.25, -0.2) is 14.3 Å². The predicted octanol–water partition coefficient (Wildman–Crippen LogP) is 2.93. The average Bonchev–Trinajstić information content (AvgIpc) is 3.49. The van der Waals surface area contributed by atoms with E-state index in [9.17, 15) is 14.7 Å². The van der Waals surface area contributed by atoms with E-state index in [4.69, 9.17) is 4.74 Å². The maximum absolute atomic E-state index is 12.9. The van der Waals surface area contributed by atoms with E-state index in [1.807, 2.05) is 36.4 Å². The molecule has 30 heavy (non-hydrogen) atoms. The summed E-state index contributed by atoms with van der Waals surface area (Å²) in [4.78, 5) is 25.9. The molecule has 1 aromatic heterocycles. The summed E-state index contributed by atoms with van der Waals surface area (Å²) in [5, 5.41) is 17.3. The number of amides is 1. The van der Waals surface area contributed by atoms with Crippen LogP contribution in [-0.2, 0) is 9.53 Å². The van der Waals surface area contributed by atoms with Gasteiger partial charge in [0.25, 0.3) is 0 Å². The molecule has 0 radical (unpaired) electrons. The van der Waals surface area contributed by atoms with Crippen LogP contribution in [0, 0.1) is 0 Å². The molecule has 1 aliphatic heterocycles. The van der Waals surface area contributed by atoms with Gasteiger partial charge >= 0.3 is 12.1 Å². The molecule has 0 spiro atoms. The summed E-state index contributed by atoms with van der Waals surface area (Å²) in [6, 6.07) is 15.0. The third-order valence-electron chi connectivity index (χ3n) is 5.95. The predicted molar refractivity (Wildman–Crippen MR) is 107 cm³/mol. The Bertz CT molecular complexity index is 1050. The van der Waals surface area contributed by atoms with Crippen LogP contribution in [0.2, 0.25) is 0 Å². The average molecular weight is 404 g/mol. The fourth-order valence-corrected chi connectivity index (χ4v) is 4.53. The molecule has 2 aromatic carbocycles. The fourth-order valence-electron chi connectivity index (χ4n) is 4.53. The number of carbonyl (C=O) groups excluding carboxylic acids is 1. The number of rotatable bonds is 4. The van der Waals surface area contributed by atoms with Gasteiger partial charge in [0.2, 0.25) is 0 Å². The van der Waals surface area contributed by atoms with Crippen LogP contribution in [0.15, 0.2) is 60.9 Å². The van der Waals surface area contributed by atoms with E-state index in [1.165, 1.54) is 11.1 Å². The molecule has 2 heterocycles. The molecule has 1 N–H and O–H groups in total. The molecule has 152 valence electrons. The molecule has 1 fully saturated rings. The van der Waals surface area contributed by atoms with E-state index in [0.29, 0.717) is 0 Å². The number of carboxylic acid groups (broad SMARTS) is 1. The monoisotopic (exact) mass is 404 g/mol. The second-order valence-corrected chi connectivity index (χ2v) is 7.58. The summed E-state index contributed by atoms with van der Waals surface area (Å²) in [7, 11) is 0. The van der Waals surface area contributed by atoms with Gasteiger partial charge in [-0.3, -0.25) is 4.90 Å². The summed E-state index contributed by atoms with van der Waals surface area (Å²) in [6.45, 7) is 0.376. The summed E-state index contributed by atoms with van der Waals surface area (Å²) in [5.74, 6) is -1.12. The Labute approximate surface area is 172 Å². The van der Waals surface area contributed by atoms with Crippen LogP contribution in [0.25, 0.3) is 11.1 Å². The quantitative estimate of drug-likeness (QED) is 0.718. The van der Waals surface area contributed by atoms with Gasteiger partial charge in [-0.2, -0.15) is 0 Å². The van der Waals surface area contributed by atoms with Crippen molar-refractivity contribution >= 4 is 12.1 Å². The maximum Gasteiger partial charge on any atom is 0.410 e. The highest BCUT2D eigenvalue weighted by atomic mass is 16.6. The first-order chi connectivity index (χ1) is 14.6. The Morgan fingerprint density at radius 3 is 2.33 bits per heavy atom. The Morgan fingerprint density at radius 1 is 1.07 bits per heavy atom. The first-order valence-corrected chi connectivity index (χ1v) is 9.83. The number of hydrogen-bond donors (Lipinski definition) is 1. The number of fused-ring (bicyclic) bond motifs is 3. The third-order valence-corrected chi connectivity index (χ3v) is 5.95. The Kier molecular flexibility index (Phi) is 4.46. The molecule has 8 heteroatoms. The minimum atomic E-state index is -1.05. The van der Waals surface area contributed by atoms with Crippen LogP contribution in [0.3, 0.4) is 0 Å². The molecule has 0 unspecified atom stereocenters. The minimum Gasteiger partial charge on any atom is -0.480 e. The lowest BCUT2D eigenvalue weighted by atomic mass is 9.98. The van der Waals surface area contributed by atoms with Gasteiger partial charge in [-0.05, 0) is 22.3 Å². The van der Waals surface area contributed by atoms with E-state index in [1.54, 1.807) is 10.9 Å². The van der Waals surface area contributed by atoms with Crippen molar-refractivity contribution in [3.63, 3.8) is 0 Å². The molecule has 0 saturated carbocycles. The highest BCUT2D eigenvalue weighted by molar-refractivity contribution is 5.81. The zero-order valence-corrected chi connectivity index (χ0v) is 16.1. The number of carboxylic acids is 1. The van der Waals surface area contributed by atoms with Crippen LogP contribution in [-0.4, -0.2) is 56.3 Å². The highest BCUT2D eigenvalue weighted by Crippen LogP contribution is 2.44. The van der Waals surface area contributed by atoms with Crippen molar-refractivity contribution in [1.82, 2.24) is 19.9 Å². The first-order valence-electron chi connectivity index (χ1n) is 9.83. The van der Waals surface area contributed by atoms with Crippen molar-refractivity contribution in [1.29, 1.82) is 0 Å². The Balaban J connectivity index is 1.34. The van der Waals surface area contributed by atoms with Gasteiger partial charge < -0.3 is 9.84 Å². The normalized spacial score (nSPS) is 20.1. The molecule has 0 bridgehead atoms. The van der Waals surface area contributed by atoms with Gasteiger partial charge in [0.05, 0.1) is 12.2 Å². The topological polar surface area (TPSA) is 97.5 Å². The second-order valence-electron chi connectivity index (χ2n) is 7.58. The number of likely N-dealkylation sites (tertiary alicyclic amines) is 1. The minimum absolute atomic E-state index is 0.0710. The summed E-state index contributed by atoms with van der Waals surface area (Å²) in [6.07, 6.45) is 2.85. The van der Waals surface area contributed by atoms with Gasteiger partial charge in [0.15, 0.2) is 0 Å². The third kappa shape index (κ3) is 3.01. The number of aliphatic carboxylic acids is 1. The molecule has 8 nitrogen and oxygen atoms in total. The lowest BCUT2D eigenvalue weighted by molar-refractivity contribution is -0.141. The van der Waals surface area contributed by atoms with Crippen LogP contribution in [0.1, 0.15) is 29.5 Å². The zero-order chi connectivity index (χ0) is 20.7. The molecule has 1 aliphatic carbocycles. The van der Waals surface area contributed by atoms with E-state index < -0.39 is 18.1 Å². The van der Waals surface area contributed by atoms with E-state index in [-0.39, 0.29) is 31.5 Å². The van der Waals surface area contributed by atoms with Crippen molar-refractivity contribution in [2.24, 2.45) is 0 Å². The molecular formula is C22H20N4O4. The largest absolute Gasteiger partial charge is 0.480 e. The number of aromatic nitrogens is 3. The number of benzene rings is 2. The molecule has 2 aliphatic rings. The summed E-state index contributed by atoms with van der Waals surface area (Å²) >= 11 is 0.